The van der Waals surface area contributed by atoms with E-state index in [1.807, 2.05) is 22.6 Å². The molecule has 226 valence electrons. The van der Waals surface area contributed by atoms with Crippen molar-refractivity contribution in [1.82, 2.24) is 15.1 Å². The topological polar surface area (TPSA) is 132 Å². The molecule has 1 saturated carbocycles. The van der Waals surface area contributed by atoms with E-state index in [1.165, 1.54) is 16.9 Å². The predicted octanol–water partition coefficient (Wildman–Crippen LogP) is 3.80. The van der Waals surface area contributed by atoms with Crippen LogP contribution in [0.1, 0.15) is 45.6 Å². The number of methoxy groups -OCH3 is 1. The molecule has 1 aliphatic carbocycles. The number of ether oxygens (including phenoxy) is 1. The molecular weight excluding hydrogens is 680 g/mol. The molecule has 3 aliphatic heterocycles. The van der Waals surface area contributed by atoms with Gasteiger partial charge < -0.3 is 25.2 Å². The molecule has 0 bridgehead atoms. The Morgan fingerprint density at radius 3 is 2.64 bits per heavy atom. The van der Waals surface area contributed by atoms with Crippen LogP contribution in [-0.4, -0.2) is 82.0 Å². The summed E-state index contributed by atoms with van der Waals surface area (Å²) in [4.78, 5) is 57.3. The highest BCUT2D eigenvalue weighted by Gasteiger charge is 2.61. The summed E-state index contributed by atoms with van der Waals surface area (Å²) in [5.41, 5.74) is -0.717. The number of nitrogens with zero attached hydrogens (tertiary/aromatic N) is 3. The first-order valence-corrected chi connectivity index (χ1v) is 15.6. The molecule has 0 radical (unpaired) electrons. The SMILES string of the molecule is COC(=O)N[C@H](C(=O)N1CC2CC[C@@H](F)[C@@H](I)[C@@H]2[C@H]1C(=O)N1C[C@]2(C[C@H]1C#N)C(=O)Nc1ccc(Cl)cc12)C(C)(C)C. The molecule has 2 N–H and O–H groups in total. The van der Waals surface area contributed by atoms with Crippen molar-refractivity contribution in [3.63, 3.8) is 0 Å². The zero-order valence-corrected chi connectivity index (χ0v) is 26.7. The van der Waals surface area contributed by atoms with Crippen LogP contribution in [0, 0.1) is 28.6 Å². The number of amides is 4. The van der Waals surface area contributed by atoms with Crippen molar-refractivity contribution in [3.8, 4) is 6.07 Å². The largest absolute Gasteiger partial charge is 0.453 e. The standard InChI is InChI=1S/C29H34ClFIN5O5/c1-28(2,3)23(35-27(41)42-4)25(39)36-12-14-5-7-18(31)21(32)20(14)22(36)24(38)37-13-29(10-16(37)11-33)17-9-15(30)6-8-19(17)34-26(29)40/h6,8-9,14,16,18,20-23H,5,7,10,12-13H2,1-4H3,(H,34,40)(H,35,41)/t14?,16-,18+,20+,21+,22-,23+,29-/m0/s1. The third-order valence-corrected chi connectivity index (χ3v) is 11.1. The van der Waals surface area contributed by atoms with E-state index < -0.39 is 62.9 Å². The first kappa shape index (κ1) is 30.8. The minimum Gasteiger partial charge on any atom is -0.453 e. The summed E-state index contributed by atoms with van der Waals surface area (Å²) in [5.74, 6) is -1.93. The Hall–Kier alpha value is -2.66. The van der Waals surface area contributed by atoms with Crippen LogP contribution in [0.15, 0.2) is 18.2 Å². The minimum absolute atomic E-state index is 0.0666. The van der Waals surface area contributed by atoms with E-state index in [4.69, 9.17) is 16.3 Å². The summed E-state index contributed by atoms with van der Waals surface area (Å²) in [6, 6.07) is 4.18. The predicted molar refractivity (Wildman–Crippen MR) is 161 cm³/mol. The fourth-order valence-corrected chi connectivity index (χ4v) is 8.64. The van der Waals surface area contributed by atoms with Crippen molar-refractivity contribution < 1.29 is 28.3 Å². The number of rotatable bonds is 3. The number of benzene rings is 1. The van der Waals surface area contributed by atoms with Gasteiger partial charge in [-0.25, -0.2) is 9.18 Å². The van der Waals surface area contributed by atoms with Crippen LogP contribution in [0.3, 0.4) is 0 Å². The zero-order chi connectivity index (χ0) is 30.7. The highest BCUT2D eigenvalue weighted by Crippen LogP contribution is 2.50. The van der Waals surface area contributed by atoms with Gasteiger partial charge in [0.25, 0.3) is 0 Å². The molecule has 2 saturated heterocycles. The lowest BCUT2D eigenvalue weighted by Gasteiger charge is -2.39. The van der Waals surface area contributed by atoms with Crippen LogP contribution in [0.5, 0.6) is 0 Å². The van der Waals surface area contributed by atoms with Gasteiger partial charge >= 0.3 is 6.09 Å². The second-order valence-electron chi connectivity index (χ2n) is 12.8. The molecule has 10 nitrogen and oxygen atoms in total. The molecule has 8 atom stereocenters. The van der Waals surface area contributed by atoms with Gasteiger partial charge in [-0.2, -0.15) is 5.26 Å². The molecule has 1 aromatic rings. The first-order chi connectivity index (χ1) is 19.7. The van der Waals surface area contributed by atoms with Crippen LogP contribution in [-0.2, 0) is 24.5 Å². The maximum atomic E-state index is 15.1. The van der Waals surface area contributed by atoms with E-state index in [0.29, 0.717) is 29.1 Å². The molecule has 4 amide bonds. The van der Waals surface area contributed by atoms with Crippen molar-refractivity contribution in [2.75, 3.05) is 25.5 Å². The van der Waals surface area contributed by atoms with E-state index >= 15 is 4.39 Å². The number of carbonyl (C=O) groups is 4. The van der Waals surface area contributed by atoms with E-state index in [9.17, 15) is 24.4 Å². The normalized spacial score (nSPS) is 32.6. The Bertz CT molecular complexity index is 1370. The zero-order valence-electron chi connectivity index (χ0n) is 23.8. The number of hydrogen-bond donors (Lipinski definition) is 2. The Labute approximate surface area is 262 Å². The molecule has 3 fully saturated rings. The number of carbonyl (C=O) groups excluding carboxylic acids is 4. The molecule has 13 heteroatoms. The summed E-state index contributed by atoms with van der Waals surface area (Å²) >= 11 is 8.32. The fraction of sp³-hybridized carbons (Fsp3) is 0.621. The number of hydrogen-bond acceptors (Lipinski definition) is 6. The molecule has 3 heterocycles. The second-order valence-corrected chi connectivity index (χ2v) is 14.7. The van der Waals surface area contributed by atoms with Gasteiger partial charge in [-0.05, 0) is 47.9 Å². The smallest absolute Gasteiger partial charge is 0.407 e. The van der Waals surface area contributed by atoms with Gasteiger partial charge in [0.1, 0.15) is 24.3 Å². The summed E-state index contributed by atoms with van der Waals surface area (Å²) in [6.07, 6.45) is -1.05. The van der Waals surface area contributed by atoms with Crippen LogP contribution in [0.4, 0.5) is 14.9 Å². The molecule has 1 unspecified atom stereocenters. The molecule has 1 aromatic carbocycles. The third-order valence-electron chi connectivity index (χ3n) is 9.27. The average molecular weight is 714 g/mol. The Morgan fingerprint density at radius 1 is 1.29 bits per heavy atom. The molecule has 4 aliphatic rings. The van der Waals surface area contributed by atoms with Crippen LogP contribution in [0.25, 0.3) is 0 Å². The monoisotopic (exact) mass is 713 g/mol. The molecule has 42 heavy (non-hydrogen) atoms. The lowest BCUT2D eigenvalue weighted by atomic mass is 9.77. The number of nitriles is 1. The fourth-order valence-electron chi connectivity index (χ4n) is 7.13. The Kier molecular flexibility index (Phi) is 8.15. The van der Waals surface area contributed by atoms with Crippen LogP contribution in [0.2, 0.25) is 5.02 Å². The van der Waals surface area contributed by atoms with E-state index in [-0.39, 0.29) is 31.3 Å². The number of nitrogens with one attached hydrogen (secondary N) is 2. The van der Waals surface area contributed by atoms with E-state index in [2.05, 4.69) is 16.7 Å². The van der Waals surface area contributed by atoms with Gasteiger partial charge in [-0.1, -0.05) is 55.0 Å². The third kappa shape index (κ3) is 5.00. The Balaban J connectivity index is 1.54. The number of halogens is 3. The van der Waals surface area contributed by atoms with Crippen LogP contribution >= 0.6 is 34.2 Å². The van der Waals surface area contributed by atoms with Gasteiger partial charge in [0.05, 0.1) is 18.6 Å². The average Bonchev–Trinajstić information content (AvgIpc) is 3.60. The van der Waals surface area contributed by atoms with Crippen molar-refractivity contribution in [3.05, 3.63) is 28.8 Å². The molecular formula is C29H34ClFIN5O5. The molecule has 0 aromatic heterocycles. The summed E-state index contributed by atoms with van der Waals surface area (Å²) < 4.78 is 19.4. The Morgan fingerprint density at radius 2 is 2.00 bits per heavy atom. The maximum absolute atomic E-state index is 15.1. The van der Waals surface area contributed by atoms with Gasteiger partial charge in [0, 0.05) is 40.1 Å². The first-order valence-electron chi connectivity index (χ1n) is 14.0. The summed E-state index contributed by atoms with van der Waals surface area (Å²) in [6.45, 7) is 5.52. The highest BCUT2D eigenvalue weighted by molar-refractivity contribution is 14.1. The van der Waals surface area contributed by atoms with Gasteiger partial charge in [0.2, 0.25) is 17.7 Å². The maximum Gasteiger partial charge on any atom is 0.407 e. The van der Waals surface area contributed by atoms with Crippen LogP contribution < -0.4 is 10.6 Å². The number of alkyl carbamates (subject to hydrolysis) is 1. The van der Waals surface area contributed by atoms with Crippen molar-refractivity contribution in [2.24, 2.45) is 17.3 Å². The summed E-state index contributed by atoms with van der Waals surface area (Å²) in [5, 5.41) is 16.1. The van der Waals surface area contributed by atoms with Gasteiger partial charge in [0.15, 0.2) is 0 Å². The summed E-state index contributed by atoms with van der Waals surface area (Å²) in [7, 11) is 1.20. The lowest BCUT2D eigenvalue weighted by molar-refractivity contribution is -0.147. The van der Waals surface area contributed by atoms with Crippen molar-refractivity contribution >= 4 is 63.7 Å². The lowest BCUT2D eigenvalue weighted by Crippen LogP contribution is -2.60. The van der Waals surface area contributed by atoms with Gasteiger partial charge in [-0.15, -0.1) is 0 Å². The van der Waals surface area contributed by atoms with E-state index in [0.717, 1.165) is 0 Å². The minimum atomic E-state index is -1.18. The second kappa shape index (κ2) is 11.1. The quantitative estimate of drug-likeness (QED) is 0.362. The molecule has 5 rings (SSSR count). The number of fused-ring (bicyclic) bond motifs is 3. The number of alkyl halides is 2. The highest BCUT2D eigenvalue weighted by atomic mass is 127. The number of anilines is 1. The van der Waals surface area contributed by atoms with Crippen molar-refractivity contribution in [2.45, 2.75) is 73.7 Å². The molecule has 1 spiro atoms. The number of likely N-dealkylation sites (tertiary alicyclic amines) is 2. The van der Waals surface area contributed by atoms with E-state index in [1.54, 1.807) is 39.0 Å². The van der Waals surface area contributed by atoms with Crippen molar-refractivity contribution in [1.29, 1.82) is 5.26 Å². The van der Waals surface area contributed by atoms with Gasteiger partial charge in [-0.3, -0.25) is 14.4 Å².